The molecule has 2 fully saturated rings. The molecule has 2 aliphatic rings. The minimum Gasteiger partial charge on any atom is -0.356 e. The summed E-state index contributed by atoms with van der Waals surface area (Å²) in [4.78, 5) is 22.8. The third-order valence-corrected chi connectivity index (χ3v) is 5.08. The largest absolute Gasteiger partial charge is 0.356 e. The molecule has 0 bridgehead atoms. The smallest absolute Gasteiger partial charge is 0.230 e. The summed E-state index contributed by atoms with van der Waals surface area (Å²) in [5, 5.41) is 3.98. The van der Waals surface area contributed by atoms with Gasteiger partial charge in [0.05, 0.1) is 5.75 Å². The van der Waals surface area contributed by atoms with Crippen molar-refractivity contribution in [1.29, 1.82) is 0 Å². The van der Waals surface area contributed by atoms with Crippen LogP contribution < -0.4 is 10.2 Å². The summed E-state index contributed by atoms with van der Waals surface area (Å²) >= 11 is 7.46. The number of carbonyl (C=O) groups is 1. The van der Waals surface area contributed by atoms with E-state index < -0.39 is 0 Å². The van der Waals surface area contributed by atoms with Gasteiger partial charge in [0.25, 0.3) is 0 Å². The molecule has 0 unspecified atom stereocenters. The van der Waals surface area contributed by atoms with Crippen LogP contribution in [0.5, 0.6) is 0 Å². The molecule has 7 heteroatoms. The van der Waals surface area contributed by atoms with E-state index in [1.165, 1.54) is 24.6 Å². The summed E-state index contributed by atoms with van der Waals surface area (Å²) in [6, 6.07) is 2.20. The fraction of sp³-hybridized carbons (Fsp3) is 0.667. The zero-order chi connectivity index (χ0) is 15.5. The normalized spacial score (nSPS) is 19.3. The standard InChI is InChI=1S/C15H21ClN4OS/c1-10-4-6-20(7-5-10)13-8-12(16)18-15(19-13)22-9-14(21)17-11-2-3-11/h8,10-11H,2-7,9H2,1H3,(H,17,21). The van der Waals surface area contributed by atoms with Crippen LogP contribution in [0.4, 0.5) is 5.82 Å². The van der Waals surface area contributed by atoms with Crippen molar-refractivity contribution in [3.63, 3.8) is 0 Å². The number of rotatable bonds is 5. The van der Waals surface area contributed by atoms with Gasteiger partial charge in [0.2, 0.25) is 5.91 Å². The summed E-state index contributed by atoms with van der Waals surface area (Å²) in [5.41, 5.74) is 0. The molecule has 3 rings (SSSR count). The van der Waals surface area contributed by atoms with Crippen LogP contribution in [-0.2, 0) is 4.79 Å². The van der Waals surface area contributed by atoms with Crippen LogP contribution in [0.1, 0.15) is 32.6 Å². The van der Waals surface area contributed by atoms with Gasteiger partial charge in [-0.15, -0.1) is 0 Å². The number of nitrogens with zero attached hydrogens (tertiary/aromatic N) is 3. The molecule has 0 spiro atoms. The molecule has 5 nitrogen and oxygen atoms in total. The van der Waals surface area contributed by atoms with Crippen LogP contribution in [0, 0.1) is 5.92 Å². The van der Waals surface area contributed by atoms with E-state index in [4.69, 9.17) is 11.6 Å². The highest BCUT2D eigenvalue weighted by Crippen LogP contribution is 2.26. The molecule has 0 atom stereocenters. The SMILES string of the molecule is CC1CCN(c2cc(Cl)nc(SCC(=O)NC3CC3)n2)CC1. The number of hydrogen-bond acceptors (Lipinski definition) is 5. The van der Waals surface area contributed by atoms with E-state index in [-0.39, 0.29) is 5.91 Å². The highest BCUT2D eigenvalue weighted by atomic mass is 35.5. The predicted octanol–water partition coefficient (Wildman–Crippen LogP) is 2.74. The first-order chi connectivity index (χ1) is 10.6. The van der Waals surface area contributed by atoms with Crippen LogP contribution in [0.2, 0.25) is 5.15 Å². The van der Waals surface area contributed by atoms with Gasteiger partial charge in [0.1, 0.15) is 11.0 Å². The number of hydrogen-bond donors (Lipinski definition) is 1. The highest BCUT2D eigenvalue weighted by Gasteiger charge is 2.23. The van der Waals surface area contributed by atoms with Crippen molar-refractivity contribution in [2.45, 2.75) is 43.8 Å². The van der Waals surface area contributed by atoms with Gasteiger partial charge in [-0.1, -0.05) is 30.3 Å². The molecule has 2 heterocycles. The Hall–Kier alpha value is -1.01. The molecule has 1 N–H and O–H groups in total. The fourth-order valence-electron chi connectivity index (χ4n) is 2.48. The number of nitrogens with one attached hydrogen (secondary N) is 1. The Balaban J connectivity index is 1.60. The molecule has 120 valence electrons. The van der Waals surface area contributed by atoms with Crippen molar-refractivity contribution in [2.75, 3.05) is 23.7 Å². The Morgan fingerprint density at radius 2 is 2.09 bits per heavy atom. The second kappa shape index (κ2) is 7.04. The van der Waals surface area contributed by atoms with Crippen LogP contribution in [0.3, 0.4) is 0 Å². The van der Waals surface area contributed by atoms with Gasteiger partial charge < -0.3 is 10.2 Å². The minimum absolute atomic E-state index is 0.0458. The summed E-state index contributed by atoms with van der Waals surface area (Å²) in [7, 11) is 0. The number of aromatic nitrogens is 2. The van der Waals surface area contributed by atoms with Crippen LogP contribution in [0.25, 0.3) is 0 Å². The van der Waals surface area contributed by atoms with Crippen molar-refractivity contribution in [2.24, 2.45) is 5.92 Å². The van der Waals surface area contributed by atoms with E-state index in [1.807, 2.05) is 6.07 Å². The Labute approximate surface area is 140 Å². The van der Waals surface area contributed by atoms with E-state index in [1.54, 1.807) is 0 Å². The summed E-state index contributed by atoms with van der Waals surface area (Å²) < 4.78 is 0. The average Bonchev–Trinajstić information content (AvgIpc) is 3.29. The Morgan fingerprint density at radius 3 is 2.77 bits per heavy atom. The maximum Gasteiger partial charge on any atom is 0.230 e. The second-order valence-corrected chi connectivity index (χ2v) is 7.46. The van der Waals surface area contributed by atoms with Gasteiger partial charge >= 0.3 is 0 Å². The van der Waals surface area contributed by atoms with Gasteiger partial charge in [-0.05, 0) is 31.6 Å². The van der Waals surface area contributed by atoms with Crippen molar-refractivity contribution < 1.29 is 4.79 Å². The fourth-order valence-corrected chi connectivity index (χ4v) is 3.37. The van der Waals surface area contributed by atoms with Gasteiger partial charge in [-0.25, -0.2) is 9.97 Å². The number of carbonyl (C=O) groups excluding carboxylic acids is 1. The molecule has 22 heavy (non-hydrogen) atoms. The monoisotopic (exact) mass is 340 g/mol. The first kappa shape index (κ1) is 15.9. The minimum atomic E-state index is 0.0458. The molecule has 1 saturated carbocycles. The first-order valence-electron chi connectivity index (χ1n) is 7.82. The lowest BCUT2D eigenvalue weighted by molar-refractivity contribution is -0.118. The Kier molecular flexibility index (Phi) is 5.08. The molecule has 1 aliphatic heterocycles. The van der Waals surface area contributed by atoms with Gasteiger partial charge in [-0.3, -0.25) is 4.79 Å². The van der Waals surface area contributed by atoms with Gasteiger partial charge in [0.15, 0.2) is 5.16 Å². The maximum atomic E-state index is 11.7. The van der Waals surface area contributed by atoms with Gasteiger partial charge in [0, 0.05) is 25.2 Å². The number of halogens is 1. The van der Waals surface area contributed by atoms with E-state index in [0.29, 0.717) is 22.1 Å². The van der Waals surface area contributed by atoms with Crippen LogP contribution in [-0.4, -0.2) is 40.8 Å². The Bertz CT molecular complexity index is 544. The molecule has 0 radical (unpaired) electrons. The Morgan fingerprint density at radius 1 is 1.36 bits per heavy atom. The van der Waals surface area contributed by atoms with E-state index in [0.717, 1.165) is 37.7 Å². The second-order valence-electron chi connectivity index (χ2n) is 6.13. The van der Waals surface area contributed by atoms with Crippen molar-refractivity contribution in [3.05, 3.63) is 11.2 Å². The molecule has 1 aliphatic carbocycles. The van der Waals surface area contributed by atoms with Crippen molar-refractivity contribution in [1.82, 2.24) is 15.3 Å². The van der Waals surface area contributed by atoms with E-state index in [2.05, 4.69) is 27.1 Å². The van der Waals surface area contributed by atoms with Crippen molar-refractivity contribution >= 4 is 35.1 Å². The molecular weight excluding hydrogens is 320 g/mol. The molecule has 1 aromatic rings. The van der Waals surface area contributed by atoms with Crippen molar-refractivity contribution in [3.8, 4) is 0 Å². The molecule has 1 saturated heterocycles. The molecular formula is C15H21ClN4OS. The quantitative estimate of drug-likeness (QED) is 0.507. The van der Waals surface area contributed by atoms with E-state index in [9.17, 15) is 4.79 Å². The predicted molar refractivity (Wildman–Crippen MR) is 89.5 cm³/mol. The number of amides is 1. The zero-order valence-corrected chi connectivity index (χ0v) is 14.3. The van der Waals surface area contributed by atoms with Crippen LogP contribution >= 0.6 is 23.4 Å². The summed E-state index contributed by atoms with van der Waals surface area (Å²) in [6.07, 6.45) is 4.55. The lowest BCUT2D eigenvalue weighted by Gasteiger charge is -2.31. The molecule has 0 aromatic carbocycles. The number of thioether (sulfide) groups is 1. The van der Waals surface area contributed by atoms with Crippen LogP contribution in [0.15, 0.2) is 11.2 Å². The lowest BCUT2D eigenvalue weighted by atomic mass is 9.99. The summed E-state index contributed by atoms with van der Waals surface area (Å²) in [5.74, 6) is 2.03. The first-order valence-corrected chi connectivity index (χ1v) is 9.18. The average molecular weight is 341 g/mol. The number of anilines is 1. The van der Waals surface area contributed by atoms with Gasteiger partial charge in [-0.2, -0.15) is 0 Å². The molecule has 1 aromatic heterocycles. The third kappa shape index (κ3) is 4.49. The zero-order valence-electron chi connectivity index (χ0n) is 12.7. The van der Waals surface area contributed by atoms with E-state index >= 15 is 0 Å². The highest BCUT2D eigenvalue weighted by molar-refractivity contribution is 7.99. The number of piperidine rings is 1. The maximum absolute atomic E-state index is 11.7. The lowest BCUT2D eigenvalue weighted by Crippen LogP contribution is -2.33. The summed E-state index contributed by atoms with van der Waals surface area (Å²) in [6.45, 7) is 4.28. The molecule has 1 amide bonds. The topological polar surface area (TPSA) is 58.1 Å². The third-order valence-electron chi connectivity index (χ3n) is 4.04.